The van der Waals surface area contributed by atoms with Gasteiger partial charge >= 0.3 is 5.97 Å². The predicted octanol–water partition coefficient (Wildman–Crippen LogP) is 2.28. The van der Waals surface area contributed by atoms with Gasteiger partial charge in [0.05, 0.1) is 10.7 Å². The molecule has 1 fully saturated rings. The summed E-state index contributed by atoms with van der Waals surface area (Å²) in [6.07, 6.45) is 3.04. The molecule has 0 bridgehead atoms. The number of hydrogen-bond donors (Lipinski definition) is 1. The Morgan fingerprint density at radius 3 is 2.85 bits per heavy atom. The van der Waals surface area contributed by atoms with Gasteiger partial charge < -0.3 is 5.11 Å². The first-order chi connectivity index (χ1) is 6.22. The Morgan fingerprint density at radius 1 is 1.69 bits per heavy atom. The zero-order valence-electron chi connectivity index (χ0n) is 7.41. The third kappa shape index (κ3) is 1.58. The van der Waals surface area contributed by atoms with Crippen molar-refractivity contribution in [1.82, 2.24) is 4.98 Å². The summed E-state index contributed by atoms with van der Waals surface area (Å²) < 4.78 is 0. The Hall–Kier alpha value is -0.900. The smallest absolute Gasteiger partial charge is 0.347 e. The number of hydrogen-bond acceptors (Lipinski definition) is 3. The van der Waals surface area contributed by atoms with Crippen molar-refractivity contribution in [1.29, 1.82) is 0 Å². The lowest BCUT2D eigenvalue weighted by Crippen LogP contribution is -1.97. The average molecular weight is 197 g/mol. The van der Waals surface area contributed by atoms with Crippen LogP contribution in [0.25, 0.3) is 0 Å². The minimum atomic E-state index is -0.820. The molecule has 1 aromatic rings. The van der Waals surface area contributed by atoms with Gasteiger partial charge in [-0.2, -0.15) is 0 Å². The highest BCUT2D eigenvalue weighted by atomic mass is 32.1. The van der Waals surface area contributed by atoms with Crippen LogP contribution in [0.4, 0.5) is 0 Å². The molecule has 0 saturated heterocycles. The van der Waals surface area contributed by atoms with Crippen molar-refractivity contribution in [3.63, 3.8) is 0 Å². The summed E-state index contributed by atoms with van der Waals surface area (Å²) in [5.74, 6) is -0.387. The Kier molecular flexibility index (Phi) is 2.07. The van der Waals surface area contributed by atoms with E-state index in [4.69, 9.17) is 5.11 Å². The number of thiazole rings is 1. The van der Waals surface area contributed by atoms with Gasteiger partial charge in [0.15, 0.2) is 0 Å². The molecule has 1 saturated carbocycles. The van der Waals surface area contributed by atoms with Gasteiger partial charge in [-0.1, -0.05) is 6.92 Å². The second-order valence-electron chi connectivity index (χ2n) is 3.25. The summed E-state index contributed by atoms with van der Waals surface area (Å²) in [5, 5.41) is 9.87. The van der Waals surface area contributed by atoms with E-state index < -0.39 is 5.97 Å². The van der Waals surface area contributed by atoms with Crippen molar-refractivity contribution in [3.05, 3.63) is 15.6 Å². The molecule has 70 valence electrons. The maximum Gasteiger partial charge on any atom is 0.347 e. The van der Waals surface area contributed by atoms with Crippen LogP contribution >= 0.6 is 11.3 Å². The Bertz CT molecular complexity index is 341. The van der Waals surface area contributed by atoms with Gasteiger partial charge in [0.1, 0.15) is 4.88 Å². The number of rotatable bonds is 3. The number of aromatic carboxylic acids is 1. The fourth-order valence-electron chi connectivity index (χ4n) is 1.32. The minimum absolute atomic E-state index is 0.433. The van der Waals surface area contributed by atoms with Gasteiger partial charge in [0, 0.05) is 5.92 Å². The fourth-order valence-corrected chi connectivity index (χ4v) is 2.24. The van der Waals surface area contributed by atoms with Crippen molar-refractivity contribution in [3.8, 4) is 0 Å². The van der Waals surface area contributed by atoms with E-state index in [0.717, 1.165) is 30.0 Å². The lowest BCUT2D eigenvalue weighted by Gasteiger charge is -1.91. The summed E-state index contributed by atoms with van der Waals surface area (Å²) in [5.41, 5.74) is 0.828. The number of carboxylic acids is 1. The number of carboxylic acid groups (broad SMARTS) is 1. The van der Waals surface area contributed by atoms with Crippen LogP contribution in [0.1, 0.15) is 46.1 Å². The summed E-state index contributed by atoms with van der Waals surface area (Å²) >= 11 is 1.33. The first kappa shape index (κ1) is 8.69. The summed E-state index contributed by atoms with van der Waals surface area (Å²) in [4.78, 5) is 15.7. The molecule has 0 atom stereocenters. The molecule has 1 N–H and O–H groups in total. The zero-order valence-corrected chi connectivity index (χ0v) is 8.23. The topological polar surface area (TPSA) is 50.2 Å². The summed E-state index contributed by atoms with van der Waals surface area (Å²) in [7, 11) is 0. The number of aryl methyl sites for hydroxylation is 1. The van der Waals surface area contributed by atoms with E-state index in [2.05, 4.69) is 4.98 Å². The van der Waals surface area contributed by atoms with Crippen molar-refractivity contribution >= 4 is 17.3 Å². The lowest BCUT2D eigenvalue weighted by atomic mass is 10.2. The van der Waals surface area contributed by atoms with E-state index in [0.29, 0.717) is 10.8 Å². The molecule has 0 aliphatic heterocycles. The van der Waals surface area contributed by atoms with Gasteiger partial charge in [-0.15, -0.1) is 11.3 Å². The van der Waals surface area contributed by atoms with Crippen LogP contribution in [0, 0.1) is 0 Å². The van der Waals surface area contributed by atoms with E-state index in [9.17, 15) is 4.79 Å². The van der Waals surface area contributed by atoms with Crippen LogP contribution < -0.4 is 0 Å². The molecule has 1 aliphatic rings. The highest BCUT2D eigenvalue weighted by Gasteiger charge is 2.31. The van der Waals surface area contributed by atoms with Gasteiger partial charge in [0.2, 0.25) is 0 Å². The van der Waals surface area contributed by atoms with E-state index in [1.165, 1.54) is 11.3 Å². The molecule has 3 nitrogen and oxygen atoms in total. The molecule has 0 amide bonds. The molecular weight excluding hydrogens is 186 g/mol. The Balaban J connectivity index is 2.39. The largest absolute Gasteiger partial charge is 0.477 e. The lowest BCUT2D eigenvalue weighted by molar-refractivity contribution is 0.0700. The van der Waals surface area contributed by atoms with Crippen LogP contribution in [0.5, 0.6) is 0 Å². The van der Waals surface area contributed by atoms with Crippen molar-refractivity contribution in [2.75, 3.05) is 0 Å². The summed E-state index contributed by atoms with van der Waals surface area (Å²) in [6.45, 7) is 2.00. The molecule has 1 heterocycles. The SMILES string of the molecule is CCc1nc(C2CC2)c(C(=O)O)s1. The first-order valence-corrected chi connectivity index (χ1v) is 5.27. The minimum Gasteiger partial charge on any atom is -0.477 e. The van der Waals surface area contributed by atoms with E-state index in [1.807, 2.05) is 6.92 Å². The van der Waals surface area contributed by atoms with Crippen LogP contribution in [-0.2, 0) is 6.42 Å². The highest BCUT2D eigenvalue weighted by molar-refractivity contribution is 7.13. The molecule has 2 rings (SSSR count). The van der Waals surface area contributed by atoms with E-state index >= 15 is 0 Å². The molecule has 4 heteroatoms. The maximum absolute atomic E-state index is 10.9. The van der Waals surface area contributed by atoms with Crippen molar-refractivity contribution in [2.24, 2.45) is 0 Å². The van der Waals surface area contributed by atoms with E-state index in [1.54, 1.807) is 0 Å². The molecular formula is C9H11NO2S. The monoisotopic (exact) mass is 197 g/mol. The normalized spacial score (nSPS) is 16.1. The molecule has 0 radical (unpaired) electrons. The molecule has 0 unspecified atom stereocenters. The first-order valence-electron chi connectivity index (χ1n) is 4.45. The fraction of sp³-hybridized carbons (Fsp3) is 0.556. The van der Waals surface area contributed by atoms with Gasteiger partial charge in [-0.3, -0.25) is 0 Å². The number of nitrogens with zero attached hydrogens (tertiary/aromatic N) is 1. The van der Waals surface area contributed by atoms with Crippen molar-refractivity contribution < 1.29 is 9.90 Å². The molecule has 13 heavy (non-hydrogen) atoms. The quantitative estimate of drug-likeness (QED) is 0.808. The standard InChI is InChI=1S/C9H11NO2S/c1-2-6-10-7(5-3-4-5)8(13-6)9(11)12/h5H,2-4H2,1H3,(H,11,12). The Labute approximate surface area is 80.4 Å². The zero-order chi connectivity index (χ0) is 9.42. The average Bonchev–Trinajstić information content (AvgIpc) is 2.84. The maximum atomic E-state index is 10.9. The highest BCUT2D eigenvalue weighted by Crippen LogP contribution is 2.42. The molecule has 0 aromatic carbocycles. The van der Waals surface area contributed by atoms with Crippen LogP contribution in [0.3, 0.4) is 0 Å². The van der Waals surface area contributed by atoms with E-state index in [-0.39, 0.29) is 0 Å². The summed E-state index contributed by atoms with van der Waals surface area (Å²) in [6, 6.07) is 0. The molecule has 1 aromatic heterocycles. The second kappa shape index (κ2) is 3.10. The number of aromatic nitrogens is 1. The van der Waals surface area contributed by atoms with Gasteiger partial charge in [-0.05, 0) is 19.3 Å². The van der Waals surface area contributed by atoms with Crippen LogP contribution in [-0.4, -0.2) is 16.1 Å². The third-order valence-corrected chi connectivity index (χ3v) is 3.36. The van der Waals surface area contributed by atoms with Crippen LogP contribution in [0.15, 0.2) is 0 Å². The molecule has 0 spiro atoms. The number of carbonyl (C=O) groups is 1. The van der Waals surface area contributed by atoms with Crippen molar-refractivity contribution in [2.45, 2.75) is 32.1 Å². The van der Waals surface area contributed by atoms with Crippen LogP contribution in [0.2, 0.25) is 0 Å². The predicted molar refractivity (Wildman–Crippen MR) is 50.4 cm³/mol. The second-order valence-corrected chi connectivity index (χ2v) is 4.34. The molecule has 1 aliphatic carbocycles. The third-order valence-electron chi connectivity index (χ3n) is 2.16. The Morgan fingerprint density at radius 2 is 2.38 bits per heavy atom. The van der Waals surface area contributed by atoms with Gasteiger partial charge in [0.25, 0.3) is 0 Å². The van der Waals surface area contributed by atoms with Gasteiger partial charge in [-0.25, -0.2) is 9.78 Å².